The van der Waals surface area contributed by atoms with Gasteiger partial charge in [-0.15, -0.1) is 0 Å². The molecule has 0 aliphatic carbocycles. The summed E-state index contributed by atoms with van der Waals surface area (Å²) in [5.41, 5.74) is 4.63. The number of halogens is 2. The van der Waals surface area contributed by atoms with Crippen molar-refractivity contribution >= 4 is 43.5 Å². The second-order valence-corrected chi connectivity index (χ2v) is 12.8. The minimum Gasteiger partial charge on any atom is -0.335 e. The zero-order valence-corrected chi connectivity index (χ0v) is 24.6. The number of carbonyl (C=O) groups is 1. The smallest absolute Gasteiger partial charge is 0.224 e. The van der Waals surface area contributed by atoms with Crippen LogP contribution in [0.25, 0.3) is 55.8 Å². The Hall–Kier alpha value is -5.04. The molecule has 3 N–H and O–H groups in total. The number of aromatic nitrogens is 6. The van der Waals surface area contributed by atoms with Crippen LogP contribution in [0.2, 0.25) is 0 Å². The number of nitrogens with one attached hydrogen (secondary N) is 3. The molecule has 0 saturated carbocycles. The molecule has 10 nitrogen and oxygen atoms in total. The van der Waals surface area contributed by atoms with Crippen molar-refractivity contribution in [3.63, 3.8) is 0 Å². The normalized spacial score (nSPS) is 11.8. The van der Waals surface area contributed by atoms with Crippen molar-refractivity contribution in [3.05, 3.63) is 78.3 Å². The molecule has 13 heteroatoms. The predicted octanol–water partition coefficient (Wildman–Crippen LogP) is 5.83. The first-order chi connectivity index (χ1) is 21.1. The molecule has 0 bridgehead atoms. The van der Waals surface area contributed by atoms with Crippen molar-refractivity contribution in [3.8, 4) is 33.8 Å². The lowest BCUT2D eigenvalue weighted by atomic mass is 10.0. The van der Waals surface area contributed by atoms with Crippen molar-refractivity contribution in [2.75, 3.05) is 17.3 Å². The molecule has 4 heterocycles. The first-order valence-corrected chi connectivity index (χ1v) is 15.9. The molecule has 44 heavy (non-hydrogen) atoms. The maximum absolute atomic E-state index is 15.3. The van der Waals surface area contributed by atoms with E-state index < -0.39 is 21.5 Å². The zero-order chi connectivity index (χ0) is 31.0. The van der Waals surface area contributed by atoms with Crippen molar-refractivity contribution in [2.45, 2.75) is 26.2 Å². The Morgan fingerprint density at radius 1 is 1.02 bits per heavy atom. The predicted molar refractivity (Wildman–Crippen MR) is 165 cm³/mol. The maximum Gasteiger partial charge on any atom is 0.224 e. The van der Waals surface area contributed by atoms with E-state index in [2.05, 4.69) is 35.5 Å². The first kappa shape index (κ1) is 29.1. The minimum atomic E-state index is -3.22. The van der Waals surface area contributed by atoms with E-state index in [1.54, 1.807) is 30.5 Å². The van der Waals surface area contributed by atoms with Crippen LogP contribution in [0.3, 0.4) is 0 Å². The number of aromatic amines is 2. The molecule has 0 aliphatic rings. The molecular formula is C31H27F2N7O3S. The monoisotopic (exact) mass is 615 g/mol. The van der Waals surface area contributed by atoms with Gasteiger partial charge in [0.15, 0.2) is 11.5 Å². The summed E-state index contributed by atoms with van der Waals surface area (Å²) in [7, 11) is -3.22. The third-order valence-electron chi connectivity index (χ3n) is 7.11. The van der Waals surface area contributed by atoms with Gasteiger partial charge in [0.2, 0.25) is 5.91 Å². The average Bonchev–Trinajstić information content (AvgIpc) is 3.59. The molecule has 4 aromatic heterocycles. The molecule has 0 unspecified atom stereocenters. The number of carbonyl (C=O) groups excluding carboxylic acids is 1. The van der Waals surface area contributed by atoms with Gasteiger partial charge in [-0.25, -0.2) is 27.2 Å². The summed E-state index contributed by atoms with van der Waals surface area (Å²) in [5, 5.41) is 10.6. The van der Waals surface area contributed by atoms with Gasteiger partial charge in [-0.2, -0.15) is 5.10 Å². The average molecular weight is 616 g/mol. The number of sulfone groups is 1. The Balaban J connectivity index is 1.39. The van der Waals surface area contributed by atoms with Gasteiger partial charge in [0.1, 0.15) is 27.2 Å². The lowest BCUT2D eigenvalue weighted by Crippen LogP contribution is -2.10. The number of hydrogen-bond donors (Lipinski definition) is 3. The molecular weight excluding hydrogens is 588 g/mol. The Kier molecular flexibility index (Phi) is 7.64. The van der Waals surface area contributed by atoms with E-state index in [4.69, 9.17) is 0 Å². The van der Waals surface area contributed by atoms with Gasteiger partial charge in [0.25, 0.3) is 0 Å². The molecule has 0 spiro atoms. The number of H-pyrrole nitrogens is 2. The molecule has 6 rings (SSSR count). The van der Waals surface area contributed by atoms with E-state index in [0.717, 1.165) is 6.26 Å². The number of aryl methyl sites for hydroxylation is 1. The molecule has 0 fully saturated rings. The Morgan fingerprint density at radius 3 is 2.66 bits per heavy atom. The van der Waals surface area contributed by atoms with E-state index >= 15 is 4.39 Å². The van der Waals surface area contributed by atoms with Crippen LogP contribution in [-0.4, -0.2) is 56.5 Å². The van der Waals surface area contributed by atoms with E-state index in [1.807, 2.05) is 6.92 Å². The van der Waals surface area contributed by atoms with Gasteiger partial charge >= 0.3 is 0 Å². The van der Waals surface area contributed by atoms with Crippen molar-refractivity contribution in [1.82, 2.24) is 30.1 Å². The number of hydrogen-bond acceptors (Lipinski definition) is 7. The summed E-state index contributed by atoms with van der Waals surface area (Å²) in [5.74, 6) is -0.889. The number of amides is 1. The quantitative estimate of drug-likeness (QED) is 0.185. The van der Waals surface area contributed by atoms with E-state index in [0.29, 0.717) is 74.4 Å². The maximum atomic E-state index is 15.3. The summed E-state index contributed by atoms with van der Waals surface area (Å²) >= 11 is 0. The second-order valence-electron chi connectivity index (χ2n) is 10.6. The molecule has 0 aliphatic heterocycles. The third-order valence-corrected chi connectivity index (χ3v) is 8.05. The lowest BCUT2D eigenvalue weighted by molar-refractivity contribution is -0.116. The fourth-order valence-electron chi connectivity index (χ4n) is 5.06. The highest BCUT2D eigenvalue weighted by atomic mass is 32.2. The Labute approximate surface area is 250 Å². The van der Waals surface area contributed by atoms with Crippen LogP contribution < -0.4 is 5.32 Å². The van der Waals surface area contributed by atoms with Gasteiger partial charge in [0, 0.05) is 53.2 Å². The summed E-state index contributed by atoms with van der Waals surface area (Å²) in [4.78, 5) is 28.5. The topological polar surface area (TPSA) is 146 Å². The number of nitrogens with zero attached hydrogens (tertiary/aromatic N) is 4. The van der Waals surface area contributed by atoms with Crippen LogP contribution in [0, 0.1) is 11.6 Å². The molecule has 224 valence electrons. The number of anilines is 1. The number of pyridine rings is 2. The van der Waals surface area contributed by atoms with Crippen molar-refractivity contribution in [2.24, 2.45) is 0 Å². The van der Waals surface area contributed by atoms with Crippen molar-refractivity contribution in [1.29, 1.82) is 0 Å². The van der Waals surface area contributed by atoms with Gasteiger partial charge in [0.05, 0.1) is 28.7 Å². The summed E-state index contributed by atoms with van der Waals surface area (Å²) in [6.07, 6.45) is 6.95. The molecule has 0 atom stereocenters. The first-order valence-electron chi connectivity index (χ1n) is 13.8. The minimum absolute atomic E-state index is 0.0987. The SMILES string of the molecule is CCCC(=O)Nc1cncc(-c2cc3c(-c4nc5nccc(-c6cc(F)cc(CCS(C)(=O)=O)c6)c5[nH]4)n[nH]c3cc2F)c1. The fourth-order valence-corrected chi connectivity index (χ4v) is 5.67. The van der Waals surface area contributed by atoms with Gasteiger partial charge in [-0.3, -0.25) is 14.9 Å². The van der Waals surface area contributed by atoms with Gasteiger partial charge < -0.3 is 10.3 Å². The summed E-state index contributed by atoms with van der Waals surface area (Å²) in [6.45, 7) is 1.90. The number of imidazole rings is 1. The van der Waals surface area contributed by atoms with Crippen molar-refractivity contribution < 1.29 is 22.0 Å². The molecule has 0 radical (unpaired) electrons. The van der Waals surface area contributed by atoms with E-state index in [9.17, 15) is 17.6 Å². The number of benzene rings is 2. The van der Waals surface area contributed by atoms with Gasteiger partial charge in [-0.1, -0.05) is 13.0 Å². The van der Waals surface area contributed by atoms with Crippen LogP contribution in [-0.2, 0) is 21.1 Å². The fraction of sp³-hybridized carbons (Fsp3) is 0.194. The lowest BCUT2D eigenvalue weighted by Gasteiger charge is -2.08. The molecule has 2 aromatic carbocycles. The molecule has 6 aromatic rings. The Bertz CT molecular complexity index is 2160. The highest BCUT2D eigenvalue weighted by molar-refractivity contribution is 7.90. The molecule has 0 saturated heterocycles. The van der Waals surface area contributed by atoms with Crippen LogP contribution in [0.15, 0.2) is 61.1 Å². The molecule has 1 amide bonds. The summed E-state index contributed by atoms with van der Waals surface area (Å²) < 4.78 is 53.2. The van der Waals surface area contributed by atoms with Crippen LogP contribution in [0.1, 0.15) is 25.3 Å². The third kappa shape index (κ3) is 6.04. The number of fused-ring (bicyclic) bond motifs is 2. The van der Waals surface area contributed by atoms with Crippen LogP contribution >= 0.6 is 0 Å². The largest absolute Gasteiger partial charge is 0.335 e. The van der Waals surface area contributed by atoms with Crippen LogP contribution in [0.4, 0.5) is 14.5 Å². The number of rotatable bonds is 9. The second kappa shape index (κ2) is 11.6. The van der Waals surface area contributed by atoms with Gasteiger partial charge in [-0.05, 0) is 54.3 Å². The standard InChI is InChI=1S/C31H27F2N7O3S/c1-3-4-27(41)36-21-12-19(15-34-16-21)23-13-24-26(14-25(23)33)39-40-29(24)31-37-28-22(5-7-35-30(28)38-31)18-9-17(10-20(32)11-18)6-8-44(2,42)43/h5,7,9-16H,3-4,6,8H2,1-2H3,(H,36,41)(H,39,40)(H,35,37,38). The summed E-state index contributed by atoms with van der Waals surface area (Å²) in [6, 6.07) is 10.8. The zero-order valence-electron chi connectivity index (χ0n) is 23.8. The highest BCUT2D eigenvalue weighted by Gasteiger charge is 2.19. The van der Waals surface area contributed by atoms with Crippen LogP contribution in [0.5, 0.6) is 0 Å². The Morgan fingerprint density at radius 2 is 1.86 bits per heavy atom. The van der Waals surface area contributed by atoms with E-state index in [1.165, 1.54) is 30.6 Å². The highest BCUT2D eigenvalue weighted by Crippen LogP contribution is 2.34. The van der Waals surface area contributed by atoms with E-state index in [-0.39, 0.29) is 23.6 Å².